The maximum Gasteiger partial charge on any atom is 0.347 e. The Hall–Kier alpha value is -7.30. The summed E-state index contributed by atoms with van der Waals surface area (Å²) in [5.74, 6) is -3.31. The monoisotopic (exact) mass is 836 g/mol. The van der Waals surface area contributed by atoms with Crippen molar-refractivity contribution in [1.29, 1.82) is 0 Å². The van der Waals surface area contributed by atoms with Crippen molar-refractivity contribution in [3.63, 3.8) is 0 Å². The van der Waals surface area contributed by atoms with Crippen LogP contribution < -0.4 is 28.4 Å². The van der Waals surface area contributed by atoms with Crippen molar-refractivity contribution in [3.05, 3.63) is 131 Å². The third kappa shape index (κ3) is 9.78. The largest absolute Gasteiger partial charge is 0.496 e. The SMILES string of the molecule is C=CC(=O)Oc1ccc(C(=O)Oc2cc(C)c(C(=O)O[C@@H]3CO[C@H]4[C@@H]3OC[C@H]4OC(=O)c3ccc(OC(=O)c4ccc(OC(=O)C=C)c(OC)c4)c(C)c3)cc2C)c(OC)c1. The van der Waals surface area contributed by atoms with Gasteiger partial charge < -0.3 is 47.4 Å². The maximum absolute atomic E-state index is 13.4. The fourth-order valence-electron chi connectivity index (χ4n) is 6.45. The van der Waals surface area contributed by atoms with Gasteiger partial charge in [0.05, 0.1) is 44.1 Å². The van der Waals surface area contributed by atoms with Crippen molar-refractivity contribution in [2.75, 3.05) is 27.4 Å². The molecule has 2 fully saturated rings. The third-order valence-electron chi connectivity index (χ3n) is 9.59. The quantitative estimate of drug-likeness (QED) is 0.0839. The Bertz CT molecular complexity index is 2430. The molecule has 16 heteroatoms. The lowest BCUT2D eigenvalue weighted by molar-refractivity contribution is -0.129. The van der Waals surface area contributed by atoms with E-state index in [1.54, 1.807) is 20.8 Å². The summed E-state index contributed by atoms with van der Waals surface area (Å²) in [5, 5.41) is 0. The summed E-state index contributed by atoms with van der Waals surface area (Å²) >= 11 is 0. The summed E-state index contributed by atoms with van der Waals surface area (Å²) < 4.78 is 55.3. The summed E-state index contributed by atoms with van der Waals surface area (Å²) in [5.41, 5.74) is 1.99. The second-order valence-electron chi connectivity index (χ2n) is 13.7. The number of esters is 6. The zero-order chi connectivity index (χ0) is 44.0. The van der Waals surface area contributed by atoms with E-state index in [-0.39, 0.29) is 70.0 Å². The van der Waals surface area contributed by atoms with Gasteiger partial charge in [-0.25, -0.2) is 28.8 Å². The van der Waals surface area contributed by atoms with E-state index in [1.165, 1.54) is 80.9 Å². The van der Waals surface area contributed by atoms with Gasteiger partial charge in [-0.3, -0.25) is 0 Å². The molecule has 0 radical (unpaired) electrons. The first-order valence-corrected chi connectivity index (χ1v) is 18.6. The van der Waals surface area contributed by atoms with Crippen LogP contribution in [-0.2, 0) is 28.5 Å². The van der Waals surface area contributed by atoms with Crippen molar-refractivity contribution in [3.8, 4) is 34.5 Å². The molecule has 0 bridgehead atoms. The van der Waals surface area contributed by atoms with Gasteiger partial charge in [0.1, 0.15) is 40.8 Å². The van der Waals surface area contributed by atoms with Crippen LogP contribution in [0.5, 0.6) is 34.5 Å². The zero-order valence-corrected chi connectivity index (χ0v) is 33.7. The predicted molar refractivity (Wildman–Crippen MR) is 213 cm³/mol. The number of benzene rings is 4. The second kappa shape index (κ2) is 18.7. The lowest BCUT2D eigenvalue weighted by atomic mass is 10.0. The van der Waals surface area contributed by atoms with Crippen LogP contribution in [0.3, 0.4) is 0 Å². The van der Waals surface area contributed by atoms with Gasteiger partial charge in [0, 0.05) is 18.2 Å². The molecule has 0 aromatic heterocycles. The van der Waals surface area contributed by atoms with Gasteiger partial charge in [-0.1, -0.05) is 13.2 Å². The van der Waals surface area contributed by atoms with E-state index >= 15 is 0 Å². The number of carbonyl (C=O) groups excluding carboxylic acids is 6. The standard InChI is InChI=1S/C45H40O16/c1-8-38(46)56-28-12-13-29(34(20-28)52-6)44(50)59-33-18-23(3)30(17-25(33)5)45(51)61-37-22-55-40-36(21-54-41(37)40)60-42(48)26-10-14-31(24(4)16-26)58-43(49)27-11-15-32(35(19-27)53-7)57-39(47)9-2/h8-20,36-37,40-41H,1-2,21-22H2,3-7H3/t36-,37-,40-,41-/m1/s1. The molecular weight excluding hydrogens is 796 g/mol. The van der Waals surface area contributed by atoms with Crippen molar-refractivity contribution in [2.45, 2.75) is 45.2 Å². The van der Waals surface area contributed by atoms with E-state index in [9.17, 15) is 28.8 Å². The van der Waals surface area contributed by atoms with Crippen LogP contribution in [0, 0.1) is 20.8 Å². The van der Waals surface area contributed by atoms with Crippen LogP contribution in [0.4, 0.5) is 0 Å². The number of hydrogen-bond acceptors (Lipinski definition) is 16. The fourth-order valence-corrected chi connectivity index (χ4v) is 6.45. The number of rotatable bonds is 14. The Morgan fingerprint density at radius 1 is 0.525 bits per heavy atom. The van der Waals surface area contributed by atoms with Gasteiger partial charge in [-0.15, -0.1) is 0 Å². The minimum absolute atomic E-state index is 0.00940. The highest BCUT2D eigenvalue weighted by Crippen LogP contribution is 2.34. The first-order chi connectivity index (χ1) is 29.2. The molecule has 0 aliphatic carbocycles. The number of aryl methyl sites for hydroxylation is 3. The number of methoxy groups -OCH3 is 2. The van der Waals surface area contributed by atoms with Crippen LogP contribution in [-0.4, -0.2) is 87.7 Å². The fraction of sp³-hybridized carbons (Fsp3) is 0.244. The van der Waals surface area contributed by atoms with Crippen molar-refractivity contribution >= 4 is 35.8 Å². The van der Waals surface area contributed by atoms with Gasteiger partial charge in [0.2, 0.25) is 0 Å². The minimum atomic E-state index is -0.811. The van der Waals surface area contributed by atoms with Gasteiger partial charge in [0.15, 0.2) is 23.7 Å². The number of hydrogen-bond donors (Lipinski definition) is 0. The Balaban J connectivity index is 1.03. The Morgan fingerprint density at radius 3 is 1.72 bits per heavy atom. The molecule has 0 amide bonds. The Morgan fingerprint density at radius 2 is 1.10 bits per heavy atom. The molecule has 2 aliphatic rings. The average molecular weight is 837 g/mol. The van der Waals surface area contributed by atoms with Crippen molar-refractivity contribution in [2.24, 2.45) is 0 Å². The molecule has 16 nitrogen and oxygen atoms in total. The average Bonchev–Trinajstić information content (AvgIpc) is 3.84. The smallest absolute Gasteiger partial charge is 0.347 e. The molecule has 2 aliphatic heterocycles. The Labute approximate surface area is 349 Å². The van der Waals surface area contributed by atoms with Gasteiger partial charge in [-0.2, -0.15) is 0 Å². The van der Waals surface area contributed by atoms with Crippen LogP contribution in [0.1, 0.15) is 58.1 Å². The molecule has 4 atom stereocenters. The van der Waals surface area contributed by atoms with Crippen LogP contribution in [0.15, 0.2) is 92.0 Å². The van der Waals surface area contributed by atoms with E-state index < -0.39 is 60.2 Å². The topological polar surface area (TPSA) is 195 Å². The number of carbonyl (C=O) groups is 6. The van der Waals surface area contributed by atoms with Gasteiger partial charge in [-0.05, 0) is 98.1 Å². The molecule has 2 heterocycles. The molecule has 61 heavy (non-hydrogen) atoms. The van der Waals surface area contributed by atoms with Crippen molar-refractivity contribution < 1.29 is 76.1 Å². The molecule has 316 valence electrons. The second-order valence-corrected chi connectivity index (χ2v) is 13.7. The summed E-state index contributed by atoms with van der Waals surface area (Å²) in [6.07, 6.45) is -1.05. The zero-order valence-electron chi connectivity index (χ0n) is 33.7. The summed E-state index contributed by atoms with van der Waals surface area (Å²) in [7, 11) is 2.70. The molecular formula is C45H40O16. The highest BCUT2D eigenvalue weighted by Gasteiger charge is 2.51. The lowest BCUT2D eigenvalue weighted by Crippen LogP contribution is -2.36. The molecule has 0 spiro atoms. The molecule has 4 aromatic rings. The molecule has 0 unspecified atom stereocenters. The molecule has 4 aromatic carbocycles. The number of fused-ring (bicyclic) bond motifs is 1. The van der Waals surface area contributed by atoms with E-state index in [0.717, 1.165) is 12.2 Å². The lowest BCUT2D eigenvalue weighted by Gasteiger charge is -2.18. The summed E-state index contributed by atoms with van der Waals surface area (Å²) in [6, 6.07) is 15.8. The van der Waals surface area contributed by atoms with Crippen LogP contribution in [0.25, 0.3) is 0 Å². The summed E-state index contributed by atoms with van der Waals surface area (Å²) in [6.45, 7) is 11.7. The normalized spacial score (nSPS) is 17.5. The van der Waals surface area contributed by atoms with E-state index in [0.29, 0.717) is 16.7 Å². The predicted octanol–water partition coefficient (Wildman–Crippen LogP) is 5.80. The summed E-state index contributed by atoms with van der Waals surface area (Å²) in [4.78, 5) is 75.9. The minimum Gasteiger partial charge on any atom is -0.496 e. The third-order valence-corrected chi connectivity index (χ3v) is 9.59. The van der Waals surface area contributed by atoms with Gasteiger partial charge >= 0.3 is 35.8 Å². The molecule has 2 saturated heterocycles. The first-order valence-electron chi connectivity index (χ1n) is 18.6. The van der Waals surface area contributed by atoms with Crippen LogP contribution in [0.2, 0.25) is 0 Å². The molecule has 6 rings (SSSR count). The van der Waals surface area contributed by atoms with Crippen LogP contribution >= 0.6 is 0 Å². The first kappa shape index (κ1) is 43.3. The van der Waals surface area contributed by atoms with Gasteiger partial charge in [0.25, 0.3) is 0 Å². The Kier molecular flexibility index (Phi) is 13.3. The van der Waals surface area contributed by atoms with E-state index in [4.69, 9.17) is 47.4 Å². The maximum atomic E-state index is 13.4. The molecule has 0 saturated carbocycles. The van der Waals surface area contributed by atoms with Crippen molar-refractivity contribution in [1.82, 2.24) is 0 Å². The molecule has 0 N–H and O–H groups in total. The van der Waals surface area contributed by atoms with E-state index in [2.05, 4.69) is 13.2 Å². The van der Waals surface area contributed by atoms with E-state index in [1.807, 2.05) is 0 Å². The highest BCUT2D eigenvalue weighted by atomic mass is 16.7. The highest BCUT2D eigenvalue weighted by molar-refractivity contribution is 5.96. The number of ether oxygens (including phenoxy) is 10.